The molecule has 2 N–H and O–H groups in total. The number of aryl methyl sites for hydroxylation is 1. The molecular weight excluding hydrogens is 327 g/mol. The summed E-state index contributed by atoms with van der Waals surface area (Å²) in [6, 6.07) is 6.26. The van der Waals surface area contributed by atoms with Gasteiger partial charge in [0.25, 0.3) is 5.91 Å². The van der Waals surface area contributed by atoms with Crippen molar-refractivity contribution < 1.29 is 4.79 Å². The van der Waals surface area contributed by atoms with E-state index < -0.39 is 0 Å². The molecule has 4 heteroatoms. The van der Waals surface area contributed by atoms with Crippen molar-refractivity contribution in [2.45, 2.75) is 25.8 Å². The average molecular weight is 344 g/mol. The molecule has 0 bridgehead atoms. The number of hydrogen-bond donors (Lipinski definition) is 2. The van der Waals surface area contributed by atoms with E-state index in [4.69, 9.17) is 0 Å². The Hall–Kier alpha value is -0.620. The van der Waals surface area contributed by atoms with Gasteiger partial charge < -0.3 is 10.6 Å². The number of halogens is 1. The predicted molar refractivity (Wildman–Crippen MR) is 77.3 cm³/mol. The zero-order valence-electron chi connectivity index (χ0n) is 9.92. The predicted octanol–water partition coefficient (Wildman–Crippen LogP) is 2.08. The molecule has 1 aliphatic rings. The highest BCUT2D eigenvalue weighted by Gasteiger charge is 2.15. The summed E-state index contributed by atoms with van der Waals surface area (Å²) in [5.74, 6) is 0.0246. The van der Waals surface area contributed by atoms with Crippen molar-refractivity contribution in [1.82, 2.24) is 10.6 Å². The molecule has 1 atom stereocenters. The molecule has 0 aliphatic carbocycles. The Kier molecular flexibility index (Phi) is 4.39. The van der Waals surface area contributed by atoms with E-state index in [-0.39, 0.29) is 5.91 Å². The summed E-state index contributed by atoms with van der Waals surface area (Å²) in [6.45, 7) is 3.85. The molecule has 1 aromatic rings. The van der Waals surface area contributed by atoms with Crippen molar-refractivity contribution in [1.29, 1.82) is 0 Å². The van der Waals surface area contributed by atoms with Gasteiger partial charge in [-0.25, -0.2) is 0 Å². The third kappa shape index (κ3) is 3.42. The Labute approximate surface area is 116 Å². The number of benzene rings is 1. The van der Waals surface area contributed by atoms with Crippen LogP contribution in [-0.2, 0) is 0 Å². The Bertz CT molecular complexity index is 414. The number of nitrogens with one attached hydrogen (secondary N) is 2. The fourth-order valence-corrected chi connectivity index (χ4v) is 2.50. The lowest BCUT2D eigenvalue weighted by Gasteiger charge is -2.11. The van der Waals surface area contributed by atoms with Crippen LogP contribution in [0.2, 0.25) is 0 Å². The molecule has 3 nitrogen and oxygen atoms in total. The minimum atomic E-state index is 0.0246. The molecule has 0 saturated carbocycles. The molecule has 1 aliphatic heterocycles. The summed E-state index contributed by atoms with van der Waals surface area (Å²) in [5.41, 5.74) is 1.96. The molecule has 17 heavy (non-hydrogen) atoms. The largest absolute Gasteiger partial charge is 0.350 e. The van der Waals surface area contributed by atoms with Gasteiger partial charge in [0.2, 0.25) is 0 Å². The van der Waals surface area contributed by atoms with Crippen molar-refractivity contribution in [3.8, 4) is 0 Å². The first-order valence-corrected chi connectivity index (χ1v) is 7.02. The van der Waals surface area contributed by atoms with Gasteiger partial charge >= 0.3 is 0 Å². The van der Waals surface area contributed by atoms with Crippen LogP contribution in [0.15, 0.2) is 18.2 Å². The van der Waals surface area contributed by atoms with Crippen LogP contribution in [0.1, 0.15) is 28.8 Å². The first-order chi connectivity index (χ1) is 8.16. The Balaban J connectivity index is 1.92. The van der Waals surface area contributed by atoms with Gasteiger partial charge in [-0.05, 0) is 66.6 Å². The fourth-order valence-electron chi connectivity index (χ4n) is 1.98. The minimum Gasteiger partial charge on any atom is -0.350 e. The molecule has 92 valence electrons. The molecule has 0 spiro atoms. The minimum absolute atomic E-state index is 0.0246. The summed E-state index contributed by atoms with van der Waals surface area (Å²) in [6.07, 6.45) is 2.37. The molecule has 1 saturated heterocycles. The fraction of sp³-hybridized carbons (Fsp3) is 0.462. The topological polar surface area (TPSA) is 41.1 Å². The van der Waals surface area contributed by atoms with Gasteiger partial charge in [0.05, 0.1) is 0 Å². The van der Waals surface area contributed by atoms with Gasteiger partial charge in [-0.15, -0.1) is 0 Å². The van der Waals surface area contributed by atoms with E-state index in [0.717, 1.165) is 28.6 Å². The van der Waals surface area contributed by atoms with Crippen LogP contribution in [-0.4, -0.2) is 25.0 Å². The van der Waals surface area contributed by atoms with E-state index in [0.29, 0.717) is 6.04 Å². The van der Waals surface area contributed by atoms with Crippen LogP contribution >= 0.6 is 22.6 Å². The average Bonchev–Trinajstić information content (AvgIpc) is 2.82. The lowest BCUT2D eigenvalue weighted by Crippen LogP contribution is -2.37. The molecule has 0 radical (unpaired) electrons. The van der Waals surface area contributed by atoms with Crippen molar-refractivity contribution >= 4 is 28.5 Å². The Morgan fingerprint density at radius 3 is 3.06 bits per heavy atom. The lowest BCUT2D eigenvalue weighted by molar-refractivity contribution is 0.0950. The van der Waals surface area contributed by atoms with Crippen LogP contribution in [0.5, 0.6) is 0 Å². The third-order valence-corrected chi connectivity index (χ3v) is 4.27. The van der Waals surface area contributed by atoms with E-state index in [1.165, 1.54) is 12.0 Å². The molecule has 2 rings (SSSR count). The van der Waals surface area contributed by atoms with Crippen molar-refractivity contribution in [3.05, 3.63) is 32.9 Å². The lowest BCUT2D eigenvalue weighted by atomic mass is 10.1. The normalized spacial score (nSPS) is 19.3. The van der Waals surface area contributed by atoms with Gasteiger partial charge in [-0.2, -0.15) is 0 Å². The van der Waals surface area contributed by atoms with E-state index in [2.05, 4.69) is 33.2 Å². The van der Waals surface area contributed by atoms with Gasteiger partial charge in [-0.1, -0.05) is 6.07 Å². The van der Waals surface area contributed by atoms with Gasteiger partial charge in [0.15, 0.2) is 0 Å². The van der Waals surface area contributed by atoms with Gasteiger partial charge in [0.1, 0.15) is 0 Å². The maximum atomic E-state index is 11.9. The third-order valence-electron chi connectivity index (χ3n) is 3.11. The number of carbonyl (C=O) groups excluding carboxylic acids is 1. The van der Waals surface area contributed by atoms with E-state index in [1.807, 2.05) is 25.1 Å². The van der Waals surface area contributed by atoms with E-state index >= 15 is 0 Å². The highest BCUT2D eigenvalue weighted by molar-refractivity contribution is 14.1. The van der Waals surface area contributed by atoms with Crippen molar-refractivity contribution in [2.75, 3.05) is 13.1 Å². The SMILES string of the molecule is Cc1ccc(C(=O)NCC2CCCN2)cc1I. The molecule has 1 heterocycles. The number of carbonyl (C=O) groups is 1. The monoisotopic (exact) mass is 344 g/mol. The second kappa shape index (κ2) is 5.82. The summed E-state index contributed by atoms with van der Waals surface area (Å²) in [5, 5.41) is 6.35. The Morgan fingerprint density at radius 2 is 2.41 bits per heavy atom. The molecule has 1 fully saturated rings. The highest BCUT2D eigenvalue weighted by atomic mass is 127. The highest BCUT2D eigenvalue weighted by Crippen LogP contribution is 2.13. The van der Waals surface area contributed by atoms with Gasteiger partial charge in [-0.3, -0.25) is 4.79 Å². The first-order valence-electron chi connectivity index (χ1n) is 5.94. The van der Waals surface area contributed by atoms with E-state index in [9.17, 15) is 4.79 Å². The zero-order valence-corrected chi connectivity index (χ0v) is 12.1. The van der Waals surface area contributed by atoms with Crippen molar-refractivity contribution in [3.63, 3.8) is 0 Å². The van der Waals surface area contributed by atoms with Crippen LogP contribution in [0.25, 0.3) is 0 Å². The molecule has 1 amide bonds. The maximum absolute atomic E-state index is 11.9. The summed E-state index contributed by atoms with van der Waals surface area (Å²) in [4.78, 5) is 11.9. The summed E-state index contributed by atoms with van der Waals surface area (Å²) < 4.78 is 1.13. The van der Waals surface area contributed by atoms with Gasteiger partial charge in [0, 0.05) is 21.7 Å². The molecule has 1 unspecified atom stereocenters. The number of amides is 1. The zero-order chi connectivity index (χ0) is 12.3. The second-order valence-corrected chi connectivity index (χ2v) is 5.63. The first kappa shape index (κ1) is 12.8. The van der Waals surface area contributed by atoms with Crippen LogP contribution in [0.3, 0.4) is 0 Å². The smallest absolute Gasteiger partial charge is 0.251 e. The van der Waals surface area contributed by atoms with Crippen molar-refractivity contribution in [2.24, 2.45) is 0 Å². The van der Waals surface area contributed by atoms with Crippen LogP contribution < -0.4 is 10.6 Å². The summed E-state index contributed by atoms with van der Waals surface area (Å²) in [7, 11) is 0. The van der Waals surface area contributed by atoms with E-state index in [1.54, 1.807) is 0 Å². The Morgan fingerprint density at radius 1 is 1.59 bits per heavy atom. The molecule has 0 aromatic heterocycles. The molecule has 1 aromatic carbocycles. The number of hydrogen-bond acceptors (Lipinski definition) is 2. The van der Waals surface area contributed by atoms with Crippen LogP contribution in [0.4, 0.5) is 0 Å². The standard InChI is InChI=1S/C13H17IN2O/c1-9-4-5-10(7-12(9)14)13(17)16-8-11-3-2-6-15-11/h4-5,7,11,15H,2-3,6,8H2,1H3,(H,16,17). The molecular formula is C13H17IN2O. The maximum Gasteiger partial charge on any atom is 0.251 e. The quantitative estimate of drug-likeness (QED) is 0.825. The number of rotatable bonds is 3. The van der Waals surface area contributed by atoms with Crippen LogP contribution in [0, 0.1) is 10.5 Å². The second-order valence-electron chi connectivity index (χ2n) is 4.47. The summed E-state index contributed by atoms with van der Waals surface area (Å²) >= 11 is 2.26.